The molecule has 6 rings (SSSR count). The van der Waals surface area contributed by atoms with E-state index >= 15 is 0 Å². The van der Waals surface area contributed by atoms with Crippen LogP contribution in [0.1, 0.15) is 10.4 Å². The molecule has 3 aromatic carbocycles. The van der Waals surface area contributed by atoms with Crippen molar-refractivity contribution >= 4 is 17.0 Å². The quantitative estimate of drug-likeness (QED) is 0.364. The molecule has 0 spiro atoms. The van der Waals surface area contributed by atoms with Crippen LogP contribution in [0.5, 0.6) is 0 Å². The standard InChI is InChI=1S/C28H18N6O2/c35-28(36)22-12-13-31-25(17-22)34-27(20-8-6-19(7-9-20)18-4-2-1-3-5-18)32-26(33-34)21-10-11-23-24(16-21)30-15-14-29-23/h1-17H,(H,35,36). The molecule has 0 fully saturated rings. The molecular weight excluding hydrogens is 452 g/mol. The van der Waals surface area contributed by atoms with Crippen molar-refractivity contribution in [2.75, 3.05) is 0 Å². The number of nitrogens with zero attached hydrogens (tertiary/aromatic N) is 6. The molecule has 0 amide bonds. The van der Waals surface area contributed by atoms with Crippen molar-refractivity contribution in [1.29, 1.82) is 0 Å². The molecule has 1 N–H and O–H groups in total. The number of hydrogen-bond donors (Lipinski definition) is 1. The molecule has 0 atom stereocenters. The lowest BCUT2D eigenvalue weighted by molar-refractivity contribution is 0.0696. The van der Waals surface area contributed by atoms with E-state index in [4.69, 9.17) is 10.1 Å². The molecular formula is C28H18N6O2. The molecule has 0 bridgehead atoms. The van der Waals surface area contributed by atoms with Gasteiger partial charge in [0.15, 0.2) is 17.5 Å². The average molecular weight is 470 g/mol. The number of rotatable bonds is 5. The summed E-state index contributed by atoms with van der Waals surface area (Å²) in [5.74, 6) is 0.323. The maximum absolute atomic E-state index is 11.6. The highest BCUT2D eigenvalue weighted by Crippen LogP contribution is 2.28. The average Bonchev–Trinajstić information content (AvgIpc) is 3.39. The van der Waals surface area contributed by atoms with Gasteiger partial charge in [-0.15, -0.1) is 5.10 Å². The fourth-order valence-electron chi connectivity index (χ4n) is 3.99. The number of carboxylic acid groups (broad SMARTS) is 1. The second-order valence-corrected chi connectivity index (χ2v) is 8.08. The summed E-state index contributed by atoms with van der Waals surface area (Å²) in [6.07, 6.45) is 4.74. The van der Waals surface area contributed by atoms with Crippen molar-refractivity contribution in [3.8, 4) is 39.7 Å². The van der Waals surface area contributed by atoms with Gasteiger partial charge < -0.3 is 5.11 Å². The van der Waals surface area contributed by atoms with Crippen LogP contribution in [0.4, 0.5) is 0 Å². The zero-order chi connectivity index (χ0) is 24.5. The van der Waals surface area contributed by atoms with Gasteiger partial charge in [-0.1, -0.05) is 54.6 Å². The van der Waals surface area contributed by atoms with Crippen molar-refractivity contribution in [3.05, 3.63) is 109 Å². The summed E-state index contributed by atoms with van der Waals surface area (Å²) in [4.78, 5) is 29.5. The minimum atomic E-state index is -1.04. The van der Waals surface area contributed by atoms with E-state index in [1.807, 2.05) is 60.7 Å². The largest absolute Gasteiger partial charge is 0.478 e. The van der Waals surface area contributed by atoms with Crippen molar-refractivity contribution in [2.24, 2.45) is 0 Å². The Bertz CT molecular complexity index is 1710. The highest BCUT2D eigenvalue weighted by molar-refractivity contribution is 5.88. The summed E-state index contributed by atoms with van der Waals surface area (Å²) in [7, 11) is 0. The van der Waals surface area contributed by atoms with Crippen molar-refractivity contribution < 1.29 is 9.90 Å². The lowest BCUT2D eigenvalue weighted by Gasteiger charge is -2.07. The number of pyridine rings is 1. The van der Waals surface area contributed by atoms with Crippen LogP contribution in [0.3, 0.4) is 0 Å². The summed E-state index contributed by atoms with van der Waals surface area (Å²) in [6.45, 7) is 0. The molecule has 0 unspecified atom stereocenters. The van der Waals surface area contributed by atoms with Gasteiger partial charge in [-0.25, -0.2) is 14.8 Å². The molecule has 3 heterocycles. The van der Waals surface area contributed by atoms with Gasteiger partial charge in [-0.05, 0) is 41.5 Å². The molecule has 3 aromatic heterocycles. The van der Waals surface area contributed by atoms with Gasteiger partial charge in [-0.2, -0.15) is 4.68 Å². The van der Waals surface area contributed by atoms with Gasteiger partial charge in [0.1, 0.15) is 0 Å². The lowest BCUT2D eigenvalue weighted by Crippen LogP contribution is -2.05. The predicted molar refractivity (Wildman–Crippen MR) is 136 cm³/mol. The van der Waals surface area contributed by atoms with Crippen molar-refractivity contribution in [3.63, 3.8) is 0 Å². The SMILES string of the molecule is O=C(O)c1ccnc(-n2nc(-c3ccc4nccnc4c3)nc2-c2ccc(-c3ccccc3)cc2)c1. The van der Waals surface area contributed by atoms with E-state index in [1.54, 1.807) is 17.1 Å². The molecule has 8 nitrogen and oxygen atoms in total. The van der Waals surface area contributed by atoms with Crippen LogP contribution in [0.15, 0.2) is 104 Å². The van der Waals surface area contributed by atoms with Gasteiger partial charge >= 0.3 is 5.97 Å². The maximum Gasteiger partial charge on any atom is 0.335 e. The molecule has 0 aliphatic heterocycles. The van der Waals surface area contributed by atoms with Crippen molar-refractivity contribution in [1.82, 2.24) is 29.7 Å². The first-order chi connectivity index (χ1) is 17.7. The zero-order valence-electron chi connectivity index (χ0n) is 18.9. The zero-order valence-corrected chi connectivity index (χ0v) is 18.9. The second kappa shape index (κ2) is 8.84. The first-order valence-electron chi connectivity index (χ1n) is 11.2. The normalized spacial score (nSPS) is 11.0. The third kappa shape index (κ3) is 3.97. The lowest BCUT2D eigenvalue weighted by atomic mass is 10.0. The third-order valence-electron chi connectivity index (χ3n) is 5.79. The van der Waals surface area contributed by atoms with E-state index in [0.29, 0.717) is 17.5 Å². The fourth-order valence-corrected chi connectivity index (χ4v) is 3.99. The minimum absolute atomic E-state index is 0.114. The minimum Gasteiger partial charge on any atom is -0.478 e. The summed E-state index contributed by atoms with van der Waals surface area (Å²) >= 11 is 0. The van der Waals surface area contributed by atoms with Gasteiger partial charge in [0, 0.05) is 29.7 Å². The monoisotopic (exact) mass is 470 g/mol. The number of carbonyl (C=O) groups is 1. The van der Waals surface area contributed by atoms with E-state index in [9.17, 15) is 9.90 Å². The van der Waals surface area contributed by atoms with Crippen molar-refractivity contribution in [2.45, 2.75) is 0 Å². The Hall–Kier alpha value is -5.24. The number of carboxylic acids is 1. The van der Waals surface area contributed by atoms with Crippen LogP contribution in [-0.4, -0.2) is 40.8 Å². The van der Waals surface area contributed by atoms with Gasteiger partial charge in [-0.3, -0.25) is 9.97 Å². The predicted octanol–water partition coefficient (Wildman–Crippen LogP) is 5.30. The Balaban J connectivity index is 1.49. The molecule has 0 saturated heterocycles. The van der Waals surface area contributed by atoms with E-state index in [-0.39, 0.29) is 5.56 Å². The van der Waals surface area contributed by atoms with E-state index < -0.39 is 5.97 Å². The van der Waals surface area contributed by atoms with Gasteiger partial charge in [0.05, 0.1) is 16.6 Å². The number of fused-ring (bicyclic) bond motifs is 1. The molecule has 36 heavy (non-hydrogen) atoms. The van der Waals surface area contributed by atoms with Crippen LogP contribution in [0.25, 0.3) is 50.8 Å². The Morgan fingerprint density at radius 1 is 0.667 bits per heavy atom. The number of hydrogen-bond acceptors (Lipinski definition) is 6. The molecule has 8 heteroatoms. The first kappa shape index (κ1) is 21.3. The summed E-state index contributed by atoms with van der Waals surface area (Å²) in [5.41, 5.74) is 5.38. The van der Waals surface area contributed by atoms with Crippen LogP contribution < -0.4 is 0 Å². The number of benzene rings is 3. The summed E-state index contributed by atoms with van der Waals surface area (Å²) < 4.78 is 1.57. The fraction of sp³-hybridized carbons (Fsp3) is 0. The van der Waals surface area contributed by atoms with Crippen LogP contribution >= 0.6 is 0 Å². The smallest absolute Gasteiger partial charge is 0.335 e. The third-order valence-corrected chi connectivity index (χ3v) is 5.79. The Morgan fingerprint density at radius 3 is 2.14 bits per heavy atom. The van der Waals surface area contributed by atoms with E-state index in [0.717, 1.165) is 33.3 Å². The topological polar surface area (TPSA) is 107 Å². The van der Waals surface area contributed by atoms with Gasteiger partial charge in [0.2, 0.25) is 0 Å². The van der Waals surface area contributed by atoms with Crippen LogP contribution in [-0.2, 0) is 0 Å². The number of aromatic carboxylic acids is 1. The van der Waals surface area contributed by atoms with Crippen LogP contribution in [0.2, 0.25) is 0 Å². The summed E-state index contributed by atoms with van der Waals surface area (Å²) in [5, 5.41) is 14.2. The first-order valence-corrected chi connectivity index (χ1v) is 11.2. The molecule has 0 aliphatic rings. The second-order valence-electron chi connectivity index (χ2n) is 8.08. The molecule has 172 valence electrons. The van der Waals surface area contributed by atoms with Crippen LogP contribution in [0, 0.1) is 0 Å². The molecule has 0 saturated carbocycles. The Kier molecular flexibility index (Phi) is 5.23. The molecule has 6 aromatic rings. The highest BCUT2D eigenvalue weighted by Gasteiger charge is 2.18. The van der Waals surface area contributed by atoms with Gasteiger partial charge in [0.25, 0.3) is 0 Å². The van der Waals surface area contributed by atoms with E-state index in [1.165, 1.54) is 18.3 Å². The number of aromatic nitrogens is 6. The highest BCUT2D eigenvalue weighted by atomic mass is 16.4. The maximum atomic E-state index is 11.6. The van der Waals surface area contributed by atoms with E-state index in [2.05, 4.69) is 27.1 Å². The molecule has 0 aliphatic carbocycles. The Labute approximate surface area is 205 Å². The summed E-state index contributed by atoms with van der Waals surface area (Å²) in [6, 6.07) is 26.7. The Morgan fingerprint density at radius 2 is 1.36 bits per heavy atom. The molecule has 0 radical (unpaired) electrons.